The number of nitrogens with one attached hydrogen (secondary N) is 3. The smallest absolute Gasteiger partial charge is 0.337 e. The first kappa shape index (κ1) is 32.9. The average molecular weight is 682 g/mol. The molecular formula is C32H33BrN4O8. The summed E-state index contributed by atoms with van der Waals surface area (Å²) < 4.78 is 28.5. The molecule has 1 aliphatic heterocycles. The number of hydrogen-bond acceptors (Lipinski definition) is 9. The zero-order valence-corrected chi connectivity index (χ0v) is 26.7. The van der Waals surface area contributed by atoms with Crippen LogP contribution in [0.4, 0.5) is 4.79 Å². The highest BCUT2D eigenvalue weighted by Crippen LogP contribution is 2.37. The number of halogens is 1. The standard InChI is InChI=1S/C32H33BrN4O8/c1-5-43-26-14-21(13-23(33)30(26)45-17-20-9-7-6-8-10-20)16-34-37-27(38)18-44-24-12-11-22(15-25(24)41-3)29-28(31(39)42-4)19(2)35-32(40)36-29/h6-16,29H,5,17-18H2,1-4H3,(H,37,38)(H2,35,36,40)/b34-16-/t29-/m1/s1. The molecule has 0 unspecified atom stereocenters. The first-order chi connectivity index (χ1) is 21.7. The lowest BCUT2D eigenvalue weighted by atomic mass is 9.95. The molecule has 0 radical (unpaired) electrons. The van der Waals surface area contributed by atoms with E-state index in [9.17, 15) is 14.4 Å². The minimum Gasteiger partial charge on any atom is -0.493 e. The predicted molar refractivity (Wildman–Crippen MR) is 169 cm³/mol. The van der Waals surface area contributed by atoms with Crippen molar-refractivity contribution in [1.82, 2.24) is 16.1 Å². The van der Waals surface area contributed by atoms with Crippen LogP contribution in [0.3, 0.4) is 0 Å². The van der Waals surface area contributed by atoms with Gasteiger partial charge in [0.25, 0.3) is 5.91 Å². The van der Waals surface area contributed by atoms with Gasteiger partial charge in [0.2, 0.25) is 0 Å². The lowest BCUT2D eigenvalue weighted by Gasteiger charge is -2.28. The third-order valence-electron chi connectivity index (χ3n) is 6.51. The van der Waals surface area contributed by atoms with Crippen LogP contribution in [0.1, 0.15) is 36.6 Å². The highest BCUT2D eigenvalue weighted by atomic mass is 79.9. The Hall–Kier alpha value is -5.04. The summed E-state index contributed by atoms with van der Waals surface area (Å²) in [6.07, 6.45) is 1.48. The quantitative estimate of drug-likeness (QED) is 0.133. The molecule has 0 saturated carbocycles. The molecular weight excluding hydrogens is 648 g/mol. The topological polar surface area (TPSA) is 146 Å². The Morgan fingerprint density at radius 1 is 1.00 bits per heavy atom. The number of hydrogen-bond donors (Lipinski definition) is 3. The number of allylic oxidation sites excluding steroid dienone is 1. The number of rotatable bonds is 13. The maximum absolute atomic E-state index is 12.5. The summed E-state index contributed by atoms with van der Waals surface area (Å²) in [5.74, 6) is 0.559. The largest absolute Gasteiger partial charge is 0.493 e. The molecule has 45 heavy (non-hydrogen) atoms. The van der Waals surface area contributed by atoms with Crippen molar-refractivity contribution in [1.29, 1.82) is 0 Å². The van der Waals surface area contributed by atoms with Gasteiger partial charge in [0, 0.05) is 5.70 Å². The number of esters is 1. The van der Waals surface area contributed by atoms with Gasteiger partial charge in [0.1, 0.15) is 6.61 Å². The molecule has 0 aromatic heterocycles. The third kappa shape index (κ3) is 8.54. The van der Waals surface area contributed by atoms with Crippen LogP contribution in [0.25, 0.3) is 0 Å². The number of benzene rings is 3. The highest BCUT2D eigenvalue weighted by molar-refractivity contribution is 9.10. The summed E-state index contributed by atoms with van der Waals surface area (Å²) in [6, 6.07) is 17.0. The minimum absolute atomic E-state index is 0.250. The van der Waals surface area contributed by atoms with Crippen LogP contribution < -0.4 is 35.0 Å². The Kier molecular flexibility index (Phi) is 11.4. The van der Waals surface area contributed by atoms with Crippen LogP contribution >= 0.6 is 15.9 Å². The number of amides is 3. The summed E-state index contributed by atoms with van der Waals surface area (Å²) in [4.78, 5) is 37.0. The fourth-order valence-corrected chi connectivity index (χ4v) is 5.03. The van der Waals surface area contributed by atoms with Crippen molar-refractivity contribution >= 4 is 40.1 Å². The maximum atomic E-state index is 12.5. The van der Waals surface area contributed by atoms with Gasteiger partial charge < -0.3 is 34.3 Å². The van der Waals surface area contributed by atoms with Gasteiger partial charge in [-0.2, -0.15) is 5.10 Å². The Bertz CT molecular complexity index is 1610. The maximum Gasteiger partial charge on any atom is 0.337 e. The van der Waals surface area contributed by atoms with E-state index in [-0.39, 0.29) is 17.9 Å². The molecule has 0 fully saturated rings. The summed E-state index contributed by atoms with van der Waals surface area (Å²) >= 11 is 3.54. The average Bonchev–Trinajstić information content (AvgIpc) is 3.03. The van der Waals surface area contributed by atoms with Crippen molar-refractivity contribution in [2.24, 2.45) is 5.10 Å². The van der Waals surface area contributed by atoms with E-state index in [0.717, 1.165) is 5.56 Å². The van der Waals surface area contributed by atoms with Crippen LogP contribution in [0.5, 0.6) is 23.0 Å². The second-order valence-electron chi connectivity index (χ2n) is 9.59. The molecule has 236 valence electrons. The van der Waals surface area contributed by atoms with E-state index in [1.54, 1.807) is 37.3 Å². The number of hydrazone groups is 1. The van der Waals surface area contributed by atoms with Crippen molar-refractivity contribution in [3.63, 3.8) is 0 Å². The normalized spacial score (nSPS) is 14.3. The summed E-state index contributed by atoms with van der Waals surface area (Å²) in [5, 5.41) is 9.32. The number of urea groups is 1. The van der Waals surface area contributed by atoms with Crippen molar-refractivity contribution in [3.8, 4) is 23.0 Å². The van der Waals surface area contributed by atoms with E-state index in [1.165, 1.54) is 20.4 Å². The predicted octanol–water partition coefficient (Wildman–Crippen LogP) is 4.77. The molecule has 3 N–H and O–H groups in total. The van der Waals surface area contributed by atoms with E-state index in [0.29, 0.717) is 51.8 Å². The third-order valence-corrected chi connectivity index (χ3v) is 7.10. The molecule has 0 bridgehead atoms. The van der Waals surface area contributed by atoms with E-state index in [2.05, 4.69) is 37.1 Å². The van der Waals surface area contributed by atoms with Crippen LogP contribution in [-0.2, 0) is 20.9 Å². The van der Waals surface area contributed by atoms with E-state index in [1.807, 2.05) is 37.3 Å². The second-order valence-corrected chi connectivity index (χ2v) is 10.4. The molecule has 0 aliphatic carbocycles. The molecule has 3 aromatic rings. The molecule has 1 aliphatic rings. The van der Waals surface area contributed by atoms with Crippen molar-refractivity contribution < 1.29 is 38.1 Å². The molecule has 3 aromatic carbocycles. The van der Waals surface area contributed by atoms with E-state index in [4.69, 9.17) is 23.7 Å². The number of ether oxygens (including phenoxy) is 5. The van der Waals surface area contributed by atoms with Gasteiger partial charge in [-0.3, -0.25) is 4.79 Å². The zero-order chi connectivity index (χ0) is 32.3. The molecule has 0 saturated heterocycles. The number of carbonyl (C=O) groups excluding carboxylic acids is 3. The first-order valence-electron chi connectivity index (χ1n) is 13.9. The van der Waals surface area contributed by atoms with Gasteiger partial charge >= 0.3 is 12.0 Å². The summed E-state index contributed by atoms with van der Waals surface area (Å²) in [7, 11) is 2.70. The second kappa shape index (κ2) is 15.6. The van der Waals surface area contributed by atoms with Gasteiger partial charge in [-0.25, -0.2) is 15.0 Å². The molecule has 0 spiro atoms. The fourth-order valence-electron chi connectivity index (χ4n) is 4.46. The van der Waals surface area contributed by atoms with E-state index < -0.39 is 23.9 Å². The lowest BCUT2D eigenvalue weighted by molar-refractivity contribution is -0.136. The zero-order valence-electron chi connectivity index (χ0n) is 25.1. The van der Waals surface area contributed by atoms with Gasteiger partial charge in [-0.15, -0.1) is 0 Å². The molecule has 4 rings (SSSR count). The Balaban J connectivity index is 1.38. The molecule has 1 atom stereocenters. The fraction of sp³-hybridized carbons (Fsp3) is 0.250. The van der Waals surface area contributed by atoms with Crippen LogP contribution in [0.15, 0.2) is 81.5 Å². The van der Waals surface area contributed by atoms with Crippen LogP contribution in [0.2, 0.25) is 0 Å². The molecule has 12 nitrogen and oxygen atoms in total. The van der Waals surface area contributed by atoms with Crippen molar-refractivity contribution in [2.75, 3.05) is 27.4 Å². The molecule has 3 amide bonds. The van der Waals surface area contributed by atoms with Crippen molar-refractivity contribution in [3.05, 3.63) is 93.1 Å². The Morgan fingerprint density at radius 3 is 2.49 bits per heavy atom. The molecule has 13 heteroatoms. The summed E-state index contributed by atoms with van der Waals surface area (Å²) in [5.41, 5.74) is 5.30. The number of nitrogens with zero attached hydrogens (tertiary/aromatic N) is 1. The number of methoxy groups -OCH3 is 2. The highest BCUT2D eigenvalue weighted by Gasteiger charge is 2.32. The lowest BCUT2D eigenvalue weighted by Crippen LogP contribution is -2.45. The SMILES string of the molecule is CCOc1cc(/C=N\NC(=O)COc2ccc([C@H]3NC(=O)NC(C)=C3C(=O)OC)cc2OC)cc(Br)c1OCc1ccccc1. The van der Waals surface area contributed by atoms with Gasteiger partial charge in [0.15, 0.2) is 29.6 Å². The Labute approximate surface area is 268 Å². The van der Waals surface area contributed by atoms with E-state index >= 15 is 0 Å². The first-order valence-corrected chi connectivity index (χ1v) is 14.7. The van der Waals surface area contributed by atoms with Crippen LogP contribution in [-0.4, -0.2) is 51.6 Å². The summed E-state index contributed by atoms with van der Waals surface area (Å²) in [6.45, 7) is 3.94. The molecule has 1 heterocycles. The van der Waals surface area contributed by atoms with Gasteiger partial charge in [0.05, 0.1) is 43.1 Å². The number of carbonyl (C=O) groups is 3. The minimum atomic E-state index is -0.778. The van der Waals surface area contributed by atoms with Crippen LogP contribution in [0, 0.1) is 0 Å². The monoisotopic (exact) mass is 680 g/mol. The van der Waals surface area contributed by atoms with Gasteiger partial charge in [-0.1, -0.05) is 36.4 Å². The Morgan fingerprint density at radius 2 is 1.78 bits per heavy atom. The van der Waals surface area contributed by atoms with Gasteiger partial charge in [-0.05, 0) is 70.7 Å². The van der Waals surface area contributed by atoms with Crippen molar-refractivity contribution in [2.45, 2.75) is 26.5 Å².